The number of amides is 1. The molecule has 3 heterocycles. The molecule has 6 nitrogen and oxygen atoms in total. The summed E-state index contributed by atoms with van der Waals surface area (Å²) < 4.78 is 15.6. The molecule has 3 aromatic rings. The SMILES string of the molecule is C[C@@H]1Cc2ccccc2N1C(=O)CSc1nnc([C@H](C)N2CCCCC2)n1-c1ccc(F)cc1. The minimum Gasteiger partial charge on any atom is -0.308 e. The van der Waals surface area contributed by atoms with Gasteiger partial charge in [-0.1, -0.05) is 36.4 Å². The van der Waals surface area contributed by atoms with Crippen LogP contribution in [0.4, 0.5) is 10.1 Å². The predicted octanol–water partition coefficient (Wildman–Crippen LogP) is 5.02. The van der Waals surface area contributed by atoms with E-state index >= 15 is 0 Å². The van der Waals surface area contributed by atoms with Gasteiger partial charge in [0.05, 0.1) is 11.8 Å². The molecule has 178 valence electrons. The van der Waals surface area contributed by atoms with Gasteiger partial charge in [-0.05, 0) is 82.1 Å². The Balaban J connectivity index is 1.40. The highest BCUT2D eigenvalue weighted by Crippen LogP contribution is 2.34. The van der Waals surface area contributed by atoms with Crippen LogP contribution in [0.2, 0.25) is 0 Å². The first kappa shape index (κ1) is 23.1. The third-order valence-corrected chi connectivity index (χ3v) is 7.77. The Morgan fingerprint density at radius 2 is 1.82 bits per heavy atom. The molecule has 1 saturated heterocycles. The van der Waals surface area contributed by atoms with E-state index in [0.29, 0.717) is 5.16 Å². The van der Waals surface area contributed by atoms with Gasteiger partial charge < -0.3 is 4.90 Å². The Labute approximate surface area is 204 Å². The lowest BCUT2D eigenvalue weighted by Crippen LogP contribution is -2.37. The first-order chi connectivity index (χ1) is 16.5. The standard InChI is InChI=1S/C26H30FN5OS/c1-18-16-20-8-4-5-9-23(20)31(18)24(33)17-34-26-29-28-25(19(2)30-14-6-3-7-15-30)32(26)22-12-10-21(27)11-13-22/h4-5,8-13,18-19H,3,6-7,14-17H2,1-2H3/t18-,19+/m1/s1. The Kier molecular flexibility index (Phi) is 6.70. The van der Waals surface area contributed by atoms with Crippen molar-refractivity contribution in [3.63, 3.8) is 0 Å². The molecule has 2 atom stereocenters. The molecular formula is C26H30FN5OS. The summed E-state index contributed by atoms with van der Waals surface area (Å²) in [6.45, 7) is 6.30. The molecule has 2 aliphatic rings. The smallest absolute Gasteiger partial charge is 0.237 e. The molecule has 8 heteroatoms. The molecule has 0 unspecified atom stereocenters. The summed E-state index contributed by atoms with van der Waals surface area (Å²) in [6.07, 6.45) is 4.49. The van der Waals surface area contributed by atoms with Crippen molar-refractivity contribution in [1.82, 2.24) is 19.7 Å². The van der Waals surface area contributed by atoms with Gasteiger partial charge in [0.15, 0.2) is 11.0 Å². The van der Waals surface area contributed by atoms with Crippen molar-refractivity contribution < 1.29 is 9.18 Å². The molecule has 0 aliphatic carbocycles. The van der Waals surface area contributed by atoms with E-state index in [1.54, 1.807) is 12.1 Å². The maximum absolute atomic E-state index is 13.7. The molecule has 0 N–H and O–H groups in total. The molecule has 34 heavy (non-hydrogen) atoms. The number of carbonyl (C=O) groups is 1. The third kappa shape index (κ3) is 4.49. The maximum atomic E-state index is 13.7. The van der Waals surface area contributed by atoms with Gasteiger partial charge in [0, 0.05) is 17.4 Å². The average Bonchev–Trinajstić information content (AvgIpc) is 3.43. The molecule has 0 bridgehead atoms. The van der Waals surface area contributed by atoms with Crippen LogP contribution in [-0.2, 0) is 11.2 Å². The lowest BCUT2D eigenvalue weighted by atomic mass is 10.1. The van der Waals surface area contributed by atoms with Gasteiger partial charge >= 0.3 is 0 Å². The topological polar surface area (TPSA) is 54.3 Å². The van der Waals surface area contributed by atoms with Gasteiger partial charge in [0.1, 0.15) is 5.82 Å². The largest absolute Gasteiger partial charge is 0.308 e. The van der Waals surface area contributed by atoms with E-state index in [9.17, 15) is 9.18 Å². The fourth-order valence-electron chi connectivity index (χ4n) is 5.09. The molecule has 1 amide bonds. The first-order valence-electron chi connectivity index (χ1n) is 12.0. The van der Waals surface area contributed by atoms with E-state index in [0.717, 1.165) is 36.7 Å². The summed E-state index contributed by atoms with van der Waals surface area (Å²) in [5.41, 5.74) is 3.01. The van der Waals surface area contributed by atoms with E-state index in [-0.39, 0.29) is 29.6 Å². The number of hydrogen-bond acceptors (Lipinski definition) is 5. The van der Waals surface area contributed by atoms with Gasteiger partial charge in [-0.25, -0.2) is 4.39 Å². The van der Waals surface area contributed by atoms with Crippen LogP contribution in [0.5, 0.6) is 0 Å². The monoisotopic (exact) mass is 479 g/mol. The van der Waals surface area contributed by atoms with Crippen LogP contribution >= 0.6 is 11.8 Å². The van der Waals surface area contributed by atoms with E-state index in [2.05, 4.69) is 35.0 Å². The van der Waals surface area contributed by atoms with E-state index < -0.39 is 0 Å². The zero-order chi connectivity index (χ0) is 23.7. The number of rotatable bonds is 6. The fourth-order valence-corrected chi connectivity index (χ4v) is 5.91. The second-order valence-corrected chi connectivity index (χ2v) is 10.1. The van der Waals surface area contributed by atoms with Crippen LogP contribution in [0, 0.1) is 5.82 Å². The number of thioether (sulfide) groups is 1. The number of aromatic nitrogens is 3. The number of hydrogen-bond donors (Lipinski definition) is 0. The zero-order valence-corrected chi connectivity index (χ0v) is 20.5. The quantitative estimate of drug-likeness (QED) is 0.465. The van der Waals surface area contributed by atoms with Crippen molar-refractivity contribution in [2.45, 2.75) is 56.8 Å². The van der Waals surface area contributed by atoms with Crippen LogP contribution in [0.1, 0.15) is 50.5 Å². The van der Waals surface area contributed by atoms with Gasteiger partial charge in [-0.15, -0.1) is 10.2 Å². The Morgan fingerprint density at radius 1 is 1.09 bits per heavy atom. The van der Waals surface area contributed by atoms with Gasteiger partial charge in [-0.3, -0.25) is 14.3 Å². The summed E-state index contributed by atoms with van der Waals surface area (Å²) in [4.78, 5) is 17.6. The number of carbonyl (C=O) groups excluding carboxylic acids is 1. The zero-order valence-electron chi connectivity index (χ0n) is 19.7. The van der Waals surface area contributed by atoms with E-state index in [4.69, 9.17) is 0 Å². The van der Waals surface area contributed by atoms with Crippen molar-refractivity contribution >= 4 is 23.4 Å². The normalized spacial score (nSPS) is 19.3. The van der Waals surface area contributed by atoms with Crippen LogP contribution in [0.3, 0.4) is 0 Å². The number of halogens is 1. The number of likely N-dealkylation sites (tertiary alicyclic amines) is 1. The summed E-state index contributed by atoms with van der Waals surface area (Å²) >= 11 is 1.39. The Hall–Kier alpha value is -2.71. The number of anilines is 1. The number of fused-ring (bicyclic) bond motifs is 1. The molecule has 1 fully saturated rings. The minimum atomic E-state index is -0.284. The first-order valence-corrected chi connectivity index (χ1v) is 13.0. The molecule has 2 aromatic carbocycles. The Bertz CT molecular complexity index is 1160. The van der Waals surface area contributed by atoms with Crippen LogP contribution in [0.15, 0.2) is 53.7 Å². The lowest BCUT2D eigenvalue weighted by Gasteiger charge is -2.31. The fraction of sp³-hybridized carbons (Fsp3) is 0.423. The highest BCUT2D eigenvalue weighted by Gasteiger charge is 2.31. The van der Waals surface area contributed by atoms with Crippen LogP contribution in [0.25, 0.3) is 5.69 Å². The summed E-state index contributed by atoms with van der Waals surface area (Å²) in [5.74, 6) is 0.856. The molecule has 1 aromatic heterocycles. The summed E-state index contributed by atoms with van der Waals surface area (Å²) in [7, 11) is 0. The van der Waals surface area contributed by atoms with E-state index in [1.165, 1.54) is 48.7 Å². The second-order valence-electron chi connectivity index (χ2n) is 9.16. The number of para-hydroxylation sites is 1. The Morgan fingerprint density at radius 3 is 2.59 bits per heavy atom. The molecule has 0 spiro atoms. The van der Waals surface area contributed by atoms with Crippen LogP contribution < -0.4 is 4.90 Å². The van der Waals surface area contributed by atoms with Crippen molar-refractivity contribution in [3.8, 4) is 5.69 Å². The van der Waals surface area contributed by atoms with Crippen LogP contribution in [-0.4, -0.2) is 50.5 Å². The molecular weight excluding hydrogens is 449 g/mol. The van der Waals surface area contributed by atoms with Gasteiger partial charge in [0.2, 0.25) is 5.91 Å². The maximum Gasteiger partial charge on any atom is 0.237 e. The predicted molar refractivity (Wildman–Crippen MR) is 133 cm³/mol. The van der Waals surface area contributed by atoms with Gasteiger partial charge in [-0.2, -0.15) is 0 Å². The van der Waals surface area contributed by atoms with Crippen molar-refractivity contribution in [1.29, 1.82) is 0 Å². The summed E-state index contributed by atoms with van der Waals surface area (Å²) in [5, 5.41) is 9.68. The van der Waals surface area contributed by atoms with Crippen molar-refractivity contribution in [2.24, 2.45) is 0 Å². The third-order valence-electron chi connectivity index (χ3n) is 6.86. The highest BCUT2D eigenvalue weighted by atomic mass is 32.2. The van der Waals surface area contributed by atoms with E-state index in [1.807, 2.05) is 27.7 Å². The molecule has 5 rings (SSSR count). The molecule has 0 saturated carbocycles. The second kappa shape index (κ2) is 9.88. The lowest BCUT2D eigenvalue weighted by molar-refractivity contribution is -0.116. The highest BCUT2D eigenvalue weighted by molar-refractivity contribution is 7.99. The molecule has 0 radical (unpaired) electrons. The summed E-state index contributed by atoms with van der Waals surface area (Å²) in [6, 6.07) is 14.7. The number of piperidine rings is 1. The average molecular weight is 480 g/mol. The minimum absolute atomic E-state index is 0.0572. The number of benzene rings is 2. The molecule has 2 aliphatic heterocycles. The van der Waals surface area contributed by atoms with Crippen molar-refractivity contribution in [3.05, 3.63) is 65.7 Å². The van der Waals surface area contributed by atoms with Crippen molar-refractivity contribution in [2.75, 3.05) is 23.7 Å². The van der Waals surface area contributed by atoms with Gasteiger partial charge in [0.25, 0.3) is 0 Å². The number of nitrogens with zero attached hydrogens (tertiary/aromatic N) is 5.